The van der Waals surface area contributed by atoms with Crippen LogP contribution in [0.15, 0.2) is 0 Å². The number of likely N-dealkylation sites (N-methyl/N-ethyl adjacent to an activating group) is 1. The molecule has 21 heavy (non-hydrogen) atoms. The molecule has 4 nitrogen and oxygen atoms in total. The van der Waals surface area contributed by atoms with Gasteiger partial charge in [0.1, 0.15) is 6.61 Å². The van der Waals surface area contributed by atoms with Crippen LogP contribution in [0.4, 0.5) is 13.2 Å². The van der Waals surface area contributed by atoms with E-state index in [9.17, 15) is 18.0 Å². The molecule has 2 unspecified atom stereocenters. The van der Waals surface area contributed by atoms with Crippen LogP contribution in [-0.2, 0) is 9.53 Å². The Morgan fingerprint density at radius 2 is 1.86 bits per heavy atom. The van der Waals surface area contributed by atoms with Crippen molar-refractivity contribution in [2.24, 2.45) is 0 Å². The standard InChI is InChI=1S/C14H23F3N2O2/c1-18-7-2-4-11(18)12-5-3-8-19(12)13(20)6-9-21-10-14(15,16)17/h11-12H,2-10H2,1H3. The molecule has 2 saturated heterocycles. The van der Waals surface area contributed by atoms with Gasteiger partial charge in [-0.25, -0.2) is 0 Å². The molecule has 2 atom stereocenters. The quantitative estimate of drug-likeness (QED) is 0.729. The van der Waals surface area contributed by atoms with E-state index in [1.165, 1.54) is 0 Å². The summed E-state index contributed by atoms with van der Waals surface area (Å²) in [5.41, 5.74) is 0. The lowest BCUT2D eigenvalue weighted by atomic mass is 10.0. The van der Waals surface area contributed by atoms with Gasteiger partial charge in [0.15, 0.2) is 0 Å². The van der Waals surface area contributed by atoms with Crippen LogP contribution in [0.1, 0.15) is 32.1 Å². The predicted molar refractivity (Wildman–Crippen MR) is 71.9 cm³/mol. The molecule has 0 saturated carbocycles. The third kappa shape index (κ3) is 4.57. The van der Waals surface area contributed by atoms with E-state index >= 15 is 0 Å². The molecule has 7 heteroatoms. The van der Waals surface area contributed by atoms with Gasteiger partial charge >= 0.3 is 6.18 Å². The smallest absolute Gasteiger partial charge is 0.372 e. The first kappa shape index (κ1) is 16.5. The molecule has 0 spiro atoms. The van der Waals surface area contributed by atoms with Gasteiger partial charge < -0.3 is 14.5 Å². The number of hydrogen-bond donors (Lipinski definition) is 0. The number of hydrogen-bond acceptors (Lipinski definition) is 3. The maximum absolute atomic E-state index is 12.2. The topological polar surface area (TPSA) is 32.8 Å². The van der Waals surface area contributed by atoms with Gasteiger partial charge in [0.05, 0.1) is 13.0 Å². The van der Waals surface area contributed by atoms with Gasteiger partial charge in [-0.15, -0.1) is 0 Å². The van der Waals surface area contributed by atoms with E-state index in [-0.39, 0.29) is 25.0 Å². The summed E-state index contributed by atoms with van der Waals surface area (Å²) in [6, 6.07) is 0.611. The van der Waals surface area contributed by atoms with Gasteiger partial charge in [-0.1, -0.05) is 0 Å². The zero-order valence-corrected chi connectivity index (χ0v) is 12.4. The highest BCUT2D eigenvalue weighted by molar-refractivity contribution is 5.77. The first-order chi connectivity index (χ1) is 9.88. The van der Waals surface area contributed by atoms with Crippen LogP contribution in [0, 0.1) is 0 Å². The fourth-order valence-corrected chi connectivity index (χ4v) is 3.42. The highest BCUT2D eigenvalue weighted by Crippen LogP contribution is 2.29. The molecule has 0 radical (unpaired) electrons. The third-order valence-corrected chi connectivity index (χ3v) is 4.37. The molecule has 1 amide bonds. The van der Waals surface area contributed by atoms with Crippen LogP contribution < -0.4 is 0 Å². The molecule has 2 rings (SSSR count). The van der Waals surface area contributed by atoms with Gasteiger partial charge in [0, 0.05) is 18.6 Å². The lowest BCUT2D eigenvalue weighted by Crippen LogP contribution is -2.47. The molecule has 122 valence electrons. The molecule has 0 aromatic heterocycles. The molecular formula is C14H23F3N2O2. The van der Waals surface area contributed by atoms with Crippen LogP contribution in [0.25, 0.3) is 0 Å². The maximum Gasteiger partial charge on any atom is 0.411 e. The van der Waals surface area contributed by atoms with E-state index in [0.717, 1.165) is 32.2 Å². The maximum atomic E-state index is 12.2. The molecule has 2 heterocycles. The number of amides is 1. The monoisotopic (exact) mass is 308 g/mol. The Morgan fingerprint density at radius 1 is 1.19 bits per heavy atom. The zero-order valence-electron chi connectivity index (χ0n) is 12.4. The van der Waals surface area contributed by atoms with Gasteiger partial charge in [-0.2, -0.15) is 13.2 Å². The summed E-state index contributed by atoms with van der Waals surface area (Å²) in [5, 5.41) is 0. The first-order valence-electron chi connectivity index (χ1n) is 7.53. The van der Waals surface area contributed by atoms with Gasteiger partial charge in [0.2, 0.25) is 5.91 Å². The molecule has 2 aliphatic rings. The van der Waals surface area contributed by atoms with Gasteiger partial charge in [-0.3, -0.25) is 4.79 Å². The van der Waals surface area contributed by atoms with E-state index < -0.39 is 12.8 Å². The van der Waals surface area contributed by atoms with Crippen molar-refractivity contribution < 1.29 is 22.7 Å². The number of halogens is 3. The fourth-order valence-electron chi connectivity index (χ4n) is 3.42. The number of alkyl halides is 3. The van der Waals surface area contributed by atoms with Crippen molar-refractivity contribution in [1.29, 1.82) is 0 Å². The molecule has 2 aliphatic heterocycles. The molecule has 0 N–H and O–H groups in total. The Balaban J connectivity index is 1.78. The summed E-state index contributed by atoms with van der Waals surface area (Å²) in [5.74, 6) is -0.0834. The minimum absolute atomic E-state index is 0.0308. The van der Waals surface area contributed by atoms with Crippen molar-refractivity contribution in [3.63, 3.8) is 0 Å². The number of ether oxygens (including phenoxy) is 1. The summed E-state index contributed by atoms with van der Waals surface area (Å²) in [6.07, 6.45) is -0.0903. The van der Waals surface area contributed by atoms with Crippen LogP contribution in [0.2, 0.25) is 0 Å². The van der Waals surface area contributed by atoms with Crippen LogP contribution >= 0.6 is 0 Å². The summed E-state index contributed by atoms with van der Waals surface area (Å²) < 4.78 is 40.4. The number of nitrogens with zero attached hydrogens (tertiary/aromatic N) is 2. The molecule has 0 aromatic carbocycles. The van der Waals surface area contributed by atoms with Crippen LogP contribution in [0.3, 0.4) is 0 Å². The minimum atomic E-state index is -4.33. The Hall–Kier alpha value is -0.820. The second-order valence-electron chi connectivity index (χ2n) is 5.90. The normalized spacial score (nSPS) is 27.5. The Labute approximate surface area is 123 Å². The number of carbonyl (C=O) groups is 1. The van der Waals surface area contributed by atoms with Gasteiger partial charge in [0.25, 0.3) is 0 Å². The van der Waals surface area contributed by atoms with E-state index in [1.807, 2.05) is 4.90 Å². The molecule has 0 bridgehead atoms. The third-order valence-electron chi connectivity index (χ3n) is 4.37. The van der Waals surface area contributed by atoms with Crippen molar-refractivity contribution in [2.45, 2.75) is 50.4 Å². The van der Waals surface area contributed by atoms with Crippen molar-refractivity contribution in [1.82, 2.24) is 9.80 Å². The average Bonchev–Trinajstić information content (AvgIpc) is 3.01. The molecular weight excluding hydrogens is 285 g/mol. The summed E-state index contributed by atoms with van der Waals surface area (Å²) in [7, 11) is 2.07. The highest BCUT2D eigenvalue weighted by atomic mass is 19.4. The average molecular weight is 308 g/mol. The van der Waals surface area contributed by atoms with E-state index in [1.54, 1.807) is 0 Å². The van der Waals surface area contributed by atoms with Crippen molar-refractivity contribution in [3.8, 4) is 0 Å². The second-order valence-corrected chi connectivity index (χ2v) is 5.90. The van der Waals surface area contributed by atoms with E-state index in [4.69, 9.17) is 0 Å². The van der Waals surface area contributed by atoms with E-state index in [0.29, 0.717) is 12.6 Å². The Kier molecular flexibility index (Phi) is 5.48. The highest BCUT2D eigenvalue weighted by Gasteiger charge is 2.38. The Morgan fingerprint density at radius 3 is 2.48 bits per heavy atom. The van der Waals surface area contributed by atoms with Crippen molar-refractivity contribution in [2.75, 3.05) is 33.4 Å². The zero-order chi connectivity index (χ0) is 15.5. The second kappa shape index (κ2) is 6.96. The minimum Gasteiger partial charge on any atom is -0.372 e. The summed E-state index contributed by atoms with van der Waals surface area (Å²) >= 11 is 0. The van der Waals surface area contributed by atoms with Crippen LogP contribution in [0.5, 0.6) is 0 Å². The van der Waals surface area contributed by atoms with Crippen molar-refractivity contribution in [3.05, 3.63) is 0 Å². The van der Waals surface area contributed by atoms with E-state index in [2.05, 4.69) is 16.7 Å². The SMILES string of the molecule is CN1CCCC1C1CCCN1C(=O)CCOCC(F)(F)F. The van der Waals surface area contributed by atoms with Crippen molar-refractivity contribution >= 4 is 5.91 Å². The molecule has 0 aromatic rings. The molecule has 2 fully saturated rings. The lowest BCUT2D eigenvalue weighted by molar-refractivity contribution is -0.175. The summed E-state index contributed by atoms with van der Waals surface area (Å²) in [4.78, 5) is 16.3. The van der Waals surface area contributed by atoms with Gasteiger partial charge in [-0.05, 0) is 39.3 Å². The fraction of sp³-hybridized carbons (Fsp3) is 0.929. The van der Waals surface area contributed by atoms with Crippen LogP contribution in [-0.4, -0.2) is 67.3 Å². The number of carbonyl (C=O) groups excluding carboxylic acids is 1. The lowest BCUT2D eigenvalue weighted by Gasteiger charge is -2.33. The predicted octanol–water partition coefficient (Wildman–Crippen LogP) is 2.04. The molecule has 0 aliphatic carbocycles. The number of rotatable bonds is 5. The Bertz CT molecular complexity index is 363. The number of likely N-dealkylation sites (tertiary alicyclic amines) is 2. The summed E-state index contributed by atoms with van der Waals surface area (Å²) in [6.45, 7) is 0.322. The largest absolute Gasteiger partial charge is 0.411 e. The first-order valence-corrected chi connectivity index (χ1v) is 7.53.